The first-order chi connectivity index (χ1) is 15.5. The Kier molecular flexibility index (Phi) is 3.28. The third-order valence-electron chi connectivity index (χ3n) is 6.20. The molecule has 4 aliphatic heterocycles. The number of thiophene rings is 4. The van der Waals surface area contributed by atoms with Crippen LogP contribution in [0.15, 0.2) is 39.5 Å². The second-order valence-electron chi connectivity index (χ2n) is 7.90. The predicted molar refractivity (Wildman–Crippen MR) is 137 cm³/mol. The summed E-state index contributed by atoms with van der Waals surface area (Å²) in [4.78, 5) is 34.3. The summed E-state index contributed by atoms with van der Waals surface area (Å²) in [5, 5.41) is 2.07. The normalized spacial score (nSPS) is 18.4. The van der Waals surface area contributed by atoms with Gasteiger partial charge in [-0.15, -0.1) is 45.3 Å². The minimum Gasteiger partial charge on any atom is -0.282 e. The molecule has 0 unspecified atom stereocenters. The van der Waals surface area contributed by atoms with Crippen molar-refractivity contribution in [1.82, 2.24) is 9.80 Å². The van der Waals surface area contributed by atoms with Gasteiger partial charge in [-0.05, 0) is 41.1 Å². The highest BCUT2D eigenvalue weighted by atomic mass is 79.9. The maximum Gasteiger partial charge on any atom is 0.265 e. The SMILES string of the molecule is Cc1cc2sc3c(c2s1)C1=C2C(=O)N4C=Cc5sc6c(Br)csc6c5C4=C2C(=O)N1C=C3. The summed E-state index contributed by atoms with van der Waals surface area (Å²) in [5.74, 6) is -0.238. The molecule has 8 heterocycles. The van der Waals surface area contributed by atoms with Gasteiger partial charge in [0, 0.05) is 52.7 Å². The zero-order chi connectivity index (χ0) is 21.5. The number of hydrogen-bond acceptors (Lipinski definition) is 6. The Balaban J connectivity index is 1.50. The maximum atomic E-state index is 13.7. The molecule has 4 nitrogen and oxygen atoms in total. The van der Waals surface area contributed by atoms with Gasteiger partial charge in [0.2, 0.25) is 0 Å². The molecule has 8 rings (SSSR count). The van der Waals surface area contributed by atoms with E-state index in [1.165, 1.54) is 9.58 Å². The molecular formula is C23H9BrN2O2S4. The lowest BCUT2D eigenvalue weighted by molar-refractivity contribution is -0.122. The van der Waals surface area contributed by atoms with Gasteiger partial charge in [0.05, 0.1) is 36.6 Å². The molecule has 4 aliphatic rings. The van der Waals surface area contributed by atoms with E-state index < -0.39 is 0 Å². The Morgan fingerprint density at radius 2 is 1.44 bits per heavy atom. The summed E-state index contributed by atoms with van der Waals surface area (Å²) in [6, 6.07) is 2.19. The number of halogens is 1. The van der Waals surface area contributed by atoms with E-state index in [-0.39, 0.29) is 11.8 Å². The lowest BCUT2D eigenvalue weighted by atomic mass is 10.0. The topological polar surface area (TPSA) is 40.6 Å². The monoisotopic (exact) mass is 552 g/mol. The van der Waals surface area contributed by atoms with E-state index in [0.717, 1.165) is 50.8 Å². The second-order valence-corrected chi connectivity index (χ2v) is 13.0. The van der Waals surface area contributed by atoms with E-state index in [4.69, 9.17) is 0 Å². The van der Waals surface area contributed by atoms with Crippen molar-refractivity contribution in [3.63, 3.8) is 0 Å². The van der Waals surface area contributed by atoms with Crippen molar-refractivity contribution in [3.8, 4) is 0 Å². The second kappa shape index (κ2) is 5.78. The van der Waals surface area contributed by atoms with Gasteiger partial charge in [0.1, 0.15) is 0 Å². The summed E-state index contributed by atoms with van der Waals surface area (Å²) in [7, 11) is 0. The number of rotatable bonds is 0. The number of carbonyl (C=O) groups is 2. The van der Waals surface area contributed by atoms with Gasteiger partial charge in [-0.2, -0.15) is 0 Å². The third kappa shape index (κ3) is 1.95. The van der Waals surface area contributed by atoms with Crippen molar-refractivity contribution >= 4 is 115 Å². The number of amides is 2. The summed E-state index contributed by atoms with van der Waals surface area (Å²) in [5.41, 5.74) is 4.58. The molecule has 2 amide bonds. The molecular weight excluding hydrogens is 544 g/mol. The van der Waals surface area contributed by atoms with Gasteiger partial charge in [0.15, 0.2) is 0 Å². The molecule has 0 spiro atoms. The molecule has 4 aromatic heterocycles. The summed E-state index contributed by atoms with van der Waals surface area (Å²) in [6.45, 7) is 2.10. The number of hydrogen-bond donors (Lipinski definition) is 0. The molecule has 4 aromatic rings. The lowest BCUT2D eigenvalue weighted by Crippen LogP contribution is -2.26. The molecule has 0 bridgehead atoms. The average molecular weight is 554 g/mol. The lowest BCUT2D eigenvalue weighted by Gasteiger charge is -2.24. The van der Waals surface area contributed by atoms with Crippen molar-refractivity contribution < 1.29 is 9.59 Å². The quantitative estimate of drug-likeness (QED) is 0.233. The van der Waals surface area contributed by atoms with Crippen molar-refractivity contribution in [3.05, 3.63) is 65.2 Å². The number of nitrogens with zero attached hydrogens (tertiary/aromatic N) is 2. The molecule has 0 atom stereocenters. The van der Waals surface area contributed by atoms with Crippen LogP contribution in [0.25, 0.3) is 42.3 Å². The number of carbonyl (C=O) groups excluding carboxylic acids is 2. The van der Waals surface area contributed by atoms with Crippen molar-refractivity contribution in [2.24, 2.45) is 0 Å². The van der Waals surface area contributed by atoms with Crippen LogP contribution in [0.1, 0.15) is 25.8 Å². The standard InChI is InChI=1S/C23H9BrN2O2S4/c1-8-6-12-20(30-8)13-10(31-12)2-4-25-17(13)15-16(23(25)28)18-14-11(3-5-26(18)22(15)27)32-19-9(24)7-29-21(14)19/h2-7H,1H3. The molecule has 9 heteroatoms. The zero-order valence-electron chi connectivity index (χ0n) is 16.2. The third-order valence-corrected chi connectivity index (χ3v) is 12.0. The maximum absolute atomic E-state index is 13.7. The summed E-state index contributed by atoms with van der Waals surface area (Å²) < 4.78 is 5.70. The molecule has 0 saturated heterocycles. The van der Waals surface area contributed by atoms with Crippen LogP contribution in [0.3, 0.4) is 0 Å². The molecule has 154 valence electrons. The van der Waals surface area contributed by atoms with Gasteiger partial charge >= 0.3 is 0 Å². The van der Waals surface area contributed by atoms with Crippen LogP contribution < -0.4 is 0 Å². The first-order valence-corrected chi connectivity index (χ1v) is 13.9. The van der Waals surface area contributed by atoms with Crippen LogP contribution >= 0.6 is 61.3 Å². The van der Waals surface area contributed by atoms with Crippen LogP contribution in [0.4, 0.5) is 0 Å². The number of fused-ring (bicyclic) bond motifs is 11. The zero-order valence-corrected chi connectivity index (χ0v) is 21.0. The minimum absolute atomic E-state index is 0.119. The highest BCUT2D eigenvalue weighted by Crippen LogP contribution is 2.56. The number of aryl methyl sites for hydroxylation is 1. The van der Waals surface area contributed by atoms with Gasteiger partial charge < -0.3 is 0 Å². The highest BCUT2D eigenvalue weighted by molar-refractivity contribution is 9.10. The fourth-order valence-corrected chi connectivity index (χ4v) is 10.6. The van der Waals surface area contributed by atoms with E-state index in [9.17, 15) is 9.59 Å². The minimum atomic E-state index is -0.119. The molecule has 32 heavy (non-hydrogen) atoms. The Labute approximate surface area is 205 Å². The predicted octanol–water partition coefficient (Wildman–Crippen LogP) is 7.09. The van der Waals surface area contributed by atoms with Crippen LogP contribution in [-0.4, -0.2) is 21.6 Å². The Hall–Kier alpha value is -2.30. The van der Waals surface area contributed by atoms with Gasteiger partial charge in [-0.25, -0.2) is 0 Å². The van der Waals surface area contributed by atoms with Crippen LogP contribution in [0.5, 0.6) is 0 Å². The van der Waals surface area contributed by atoms with Gasteiger partial charge in [-0.1, -0.05) is 0 Å². The van der Waals surface area contributed by atoms with E-state index in [2.05, 4.69) is 34.3 Å². The Morgan fingerprint density at radius 1 is 0.812 bits per heavy atom. The fourth-order valence-electron chi connectivity index (χ4n) is 4.97. The van der Waals surface area contributed by atoms with Crippen molar-refractivity contribution in [2.45, 2.75) is 6.92 Å². The fraction of sp³-hybridized carbons (Fsp3) is 0.0435. The van der Waals surface area contributed by atoms with Crippen LogP contribution in [0.2, 0.25) is 0 Å². The van der Waals surface area contributed by atoms with E-state index in [1.807, 2.05) is 24.6 Å². The molecule has 0 aliphatic carbocycles. The molecule has 0 radical (unpaired) electrons. The summed E-state index contributed by atoms with van der Waals surface area (Å²) >= 11 is 10.4. The molecule has 0 N–H and O–H groups in total. The van der Waals surface area contributed by atoms with E-state index in [1.54, 1.807) is 55.1 Å². The van der Waals surface area contributed by atoms with Crippen LogP contribution in [0, 0.1) is 6.92 Å². The van der Waals surface area contributed by atoms with E-state index in [0.29, 0.717) is 11.1 Å². The summed E-state index contributed by atoms with van der Waals surface area (Å²) in [6.07, 6.45) is 7.65. The van der Waals surface area contributed by atoms with Gasteiger partial charge in [-0.3, -0.25) is 19.4 Å². The highest BCUT2D eigenvalue weighted by Gasteiger charge is 2.51. The Bertz CT molecular complexity index is 1710. The van der Waals surface area contributed by atoms with E-state index >= 15 is 0 Å². The van der Waals surface area contributed by atoms with Crippen LogP contribution in [-0.2, 0) is 9.59 Å². The molecule has 0 saturated carbocycles. The first kappa shape index (κ1) is 18.2. The van der Waals surface area contributed by atoms with Crippen molar-refractivity contribution in [1.29, 1.82) is 0 Å². The van der Waals surface area contributed by atoms with Gasteiger partial charge in [0.25, 0.3) is 11.8 Å². The molecule has 0 fully saturated rings. The largest absolute Gasteiger partial charge is 0.282 e. The Morgan fingerprint density at radius 3 is 2.12 bits per heavy atom. The smallest absolute Gasteiger partial charge is 0.265 e. The molecule has 0 aromatic carbocycles. The first-order valence-electron chi connectivity index (χ1n) is 9.78. The van der Waals surface area contributed by atoms with Crippen molar-refractivity contribution in [2.75, 3.05) is 0 Å². The average Bonchev–Trinajstić information content (AvgIpc) is 3.56.